The van der Waals surface area contributed by atoms with Crippen LogP contribution in [0.5, 0.6) is 5.75 Å². The number of carbonyl (C=O) groups is 1. The highest BCUT2D eigenvalue weighted by Gasteiger charge is 2.26. The summed E-state index contributed by atoms with van der Waals surface area (Å²) in [5, 5.41) is 13.8. The summed E-state index contributed by atoms with van der Waals surface area (Å²) in [5.41, 5.74) is 6.96. The van der Waals surface area contributed by atoms with E-state index in [1.807, 2.05) is 18.2 Å². The molecular weight excluding hydrogens is 430 g/mol. The van der Waals surface area contributed by atoms with Crippen molar-refractivity contribution in [1.29, 1.82) is 0 Å². The number of piperidine rings is 1. The number of nitrogens with one attached hydrogen (secondary N) is 1. The number of nitrogens with zero attached hydrogens (tertiary/aromatic N) is 1. The molecular formula is C27H47N3O4. The van der Waals surface area contributed by atoms with Gasteiger partial charge in [0.2, 0.25) is 0 Å². The molecule has 2 rings (SSSR count). The number of para-hydroxylation sites is 1. The number of ether oxygens (including phenoxy) is 2. The summed E-state index contributed by atoms with van der Waals surface area (Å²) < 4.78 is 10.9. The summed E-state index contributed by atoms with van der Waals surface area (Å²) in [4.78, 5) is 15.3. The van der Waals surface area contributed by atoms with E-state index in [2.05, 4.69) is 31.0 Å². The predicted octanol–water partition coefficient (Wildman–Crippen LogP) is 3.30. The van der Waals surface area contributed by atoms with Gasteiger partial charge in [-0.2, -0.15) is 0 Å². The molecule has 34 heavy (non-hydrogen) atoms. The van der Waals surface area contributed by atoms with E-state index in [1.54, 1.807) is 13.2 Å². The van der Waals surface area contributed by atoms with Gasteiger partial charge >= 0.3 is 0 Å². The third-order valence-corrected chi connectivity index (χ3v) is 6.99. The predicted molar refractivity (Wildman–Crippen MR) is 137 cm³/mol. The van der Waals surface area contributed by atoms with Crippen LogP contribution in [0.1, 0.15) is 63.2 Å². The summed E-state index contributed by atoms with van der Waals surface area (Å²) in [7, 11) is 1.69. The van der Waals surface area contributed by atoms with E-state index < -0.39 is 6.10 Å². The molecule has 194 valence electrons. The van der Waals surface area contributed by atoms with Crippen LogP contribution in [0.25, 0.3) is 0 Å². The van der Waals surface area contributed by atoms with Crippen LogP contribution in [0.2, 0.25) is 0 Å². The maximum Gasteiger partial charge on any atom is 0.255 e. The number of β-amino-alcohol motifs (C(OH)–C–C–N with tert-alkyl or cyclic N) is 1. The Morgan fingerprint density at radius 2 is 1.88 bits per heavy atom. The van der Waals surface area contributed by atoms with Gasteiger partial charge in [0.1, 0.15) is 5.75 Å². The van der Waals surface area contributed by atoms with Gasteiger partial charge in [0.15, 0.2) is 0 Å². The SMILES string of the molecule is COCCCCOc1ccccc1C(=O)NCC(CC(N)C(O)CN1CCC(C)CC1)C(C)C. The standard InChI is InChI=1S/C27H47N3O4/c1-20(2)22(17-24(28)25(31)19-30-13-11-21(3)12-14-30)18-29-27(32)23-9-5-6-10-26(23)34-16-8-7-15-33-4/h5-6,9-10,20-22,24-25,31H,7-8,11-19,28H2,1-4H3,(H,29,32). The van der Waals surface area contributed by atoms with Crippen LogP contribution in [-0.2, 0) is 4.74 Å². The number of unbranched alkanes of at least 4 members (excludes halogenated alkanes) is 1. The van der Waals surface area contributed by atoms with E-state index in [1.165, 1.54) is 12.8 Å². The monoisotopic (exact) mass is 477 g/mol. The van der Waals surface area contributed by atoms with E-state index in [9.17, 15) is 9.90 Å². The van der Waals surface area contributed by atoms with E-state index >= 15 is 0 Å². The first-order valence-electron chi connectivity index (χ1n) is 13.0. The number of rotatable bonds is 15. The number of carbonyl (C=O) groups excluding carboxylic acids is 1. The third kappa shape index (κ3) is 9.90. The summed E-state index contributed by atoms with van der Waals surface area (Å²) in [6, 6.07) is 7.03. The van der Waals surface area contributed by atoms with Crippen LogP contribution in [0.3, 0.4) is 0 Å². The smallest absolute Gasteiger partial charge is 0.255 e. The molecule has 3 unspecified atom stereocenters. The molecule has 0 spiro atoms. The Balaban J connectivity index is 1.85. The minimum atomic E-state index is -0.558. The quantitative estimate of drug-likeness (QED) is 0.335. The summed E-state index contributed by atoms with van der Waals surface area (Å²) in [6.07, 6.45) is 4.26. The maximum atomic E-state index is 12.9. The van der Waals surface area contributed by atoms with Crippen molar-refractivity contribution < 1.29 is 19.4 Å². The molecule has 0 saturated carbocycles. The van der Waals surface area contributed by atoms with Crippen LogP contribution in [0.4, 0.5) is 0 Å². The van der Waals surface area contributed by atoms with Gasteiger partial charge in [0.05, 0.1) is 18.3 Å². The molecule has 1 aliphatic rings. The Labute approximate surface area is 206 Å². The molecule has 1 aromatic rings. The van der Waals surface area contributed by atoms with Crippen molar-refractivity contribution in [3.05, 3.63) is 29.8 Å². The molecule has 0 aliphatic carbocycles. The zero-order valence-electron chi connectivity index (χ0n) is 21.7. The summed E-state index contributed by atoms with van der Waals surface area (Å²) in [6.45, 7) is 11.0. The van der Waals surface area contributed by atoms with Crippen LogP contribution in [0.15, 0.2) is 24.3 Å². The molecule has 0 bridgehead atoms. The number of methoxy groups -OCH3 is 1. The number of benzene rings is 1. The van der Waals surface area contributed by atoms with E-state index in [-0.39, 0.29) is 17.9 Å². The van der Waals surface area contributed by atoms with Crippen LogP contribution >= 0.6 is 0 Å². The van der Waals surface area contributed by atoms with Crippen molar-refractivity contribution in [3.63, 3.8) is 0 Å². The van der Waals surface area contributed by atoms with Crippen molar-refractivity contribution in [1.82, 2.24) is 10.2 Å². The van der Waals surface area contributed by atoms with Crippen LogP contribution in [0, 0.1) is 17.8 Å². The van der Waals surface area contributed by atoms with Gasteiger partial charge in [-0.3, -0.25) is 4.79 Å². The highest BCUT2D eigenvalue weighted by molar-refractivity contribution is 5.96. The van der Waals surface area contributed by atoms with Gasteiger partial charge in [-0.25, -0.2) is 0 Å². The first-order chi connectivity index (χ1) is 16.3. The molecule has 4 N–H and O–H groups in total. The third-order valence-electron chi connectivity index (χ3n) is 6.99. The average Bonchev–Trinajstić information content (AvgIpc) is 2.82. The average molecular weight is 478 g/mol. The lowest BCUT2D eigenvalue weighted by atomic mass is 9.87. The second-order valence-corrected chi connectivity index (χ2v) is 10.2. The number of nitrogens with two attached hydrogens (primary N) is 1. The summed E-state index contributed by atoms with van der Waals surface area (Å²) >= 11 is 0. The molecule has 0 aromatic heterocycles. The van der Waals surface area contributed by atoms with E-state index in [0.29, 0.717) is 50.0 Å². The second-order valence-electron chi connectivity index (χ2n) is 10.2. The Morgan fingerprint density at radius 1 is 1.21 bits per heavy atom. The van der Waals surface area contributed by atoms with Gasteiger partial charge in [-0.1, -0.05) is 32.9 Å². The zero-order chi connectivity index (χ0) is 24.9. The van der Waals surface area contributed by atoms with Crippen LogP contribution in [-0.4, -0.2) is 74.6 Å². The van der Waals surface area contributed by atoms with E-state index in [0.717, 1.165) is 31.8 Å². The topological polar surface area (TPSA) is 97.0 Å². The highest BCUT2D eigenvalue weighted by atomic mass is 16.5. The van der Waals surface area contributed by atoms with Crippen molar-refractivity contribution in [2.45, 2.75) is 65.0 Å². The molecule has 1 fully saturated rings. The van der Waals surface area contributed by atoms with Gasteiger partial charge < -0.3 is 30.5 Å². The van der Waals surface area contributed by atoms with Crippen molar-refractivity contribution >= 4 is 5.91 Å². The largest absolute Gasteiger partial charge is 0.493 e. The van der Waals surface area contributed by atoms with Crippen molar-refractivity contribution in [2.24, 2.45) is 23.5 Å². The Hall–Kier alpha value is -1.67. The fraction of sp³-hybridized carbons (Fsp3) is 0.741. The normalized spacial score (nSPS) is 18.0. The Kier molecular flexibility index (Phi) is 12.9. The zero-order valence-corrected chi connectivity index (χ0v) is 21.7. The first kappa shape index (κ1) is 28.6. The second kappa shape index (κ2) is 15.4. The lowest BCUT2D eigenvalue weighted by Gasteiger charge is -2.34. The summed E-state index contributed by atoms with van der Waals surface area (Å²) in [5.74, 6) is 1.73. The van der Waals surface area contributed by atoms with Crippen molar-refractivity contribution in [3.8, 4) is 5.75 Å². The molecule has 1 aromatic carbocycles. The molecule has 7 nitrogen and oxygen atoms in total. The van der Waals surface area contributed by atoms with Crippen molar-refractivity contribution in [2.75, 3.05) is 46.5 Å². The van der Waals surface area contributed by atoms with Crippen LogP contribution < -0.4 is 15.8 Å². The Morgan fingerprint density at radius 3 is 2.56 bits per heavy atom. The molecule has 1 heterocycles. The number of hydrogen-bond donors (Lipinski definition) is 3. The molecule has 1 amide bonds. The number of hydrogen-bond acceptors (Lipinski definition) is 6. The molecule has 0 radical (unpaired) electrons. The van der Waals surface area contributed by atoms with Gasteiger partial charge in [-0.05, 0) is 75.1 Å². The lowest BCUT2D eigenvalue weighted by Crippen LogP contribution is -2.47. The fourth-order valence-corrected chi connectivity index (χ4v) is 4.37. The minimum Gasteiger partial charge on any atom is -0.493 e. The molecule has 1 aliphatic heterocycles. The lowest BCUT2D eigenvalue weighted by molar-refractivity contribution is 0.0653. The molecule has 1 saturated heterocycles. The first-order valence-corrected chi connectivity index (χ1v) is 13.0. The molecule has 7 heteroatoms. The number of amides is 1. The maximum absolute atomic E-state index is 12.9. The number of aliphatic hydroxyl groups is 1. The number of likely N-dealkylation sites (tertiary alicyclic amines) is 1. The fourth-order valence-electron chi connectivity index (χ4n) is 4.37. The number of aliphatic hydroxyl groups excluding tert-OH is 1. The highest BCUT2D eigenvalue weighted by Crippen LogP contribution is 2.22. The van der Waals surface area contributed by atoms with Gasteiger partial charge in [-0.15, -0.1) is 0 Å². The molecule has 3 atom stereocenters. The Bertz CT molecular complexity index is 707. The van der Waals surface area contributed by atoms with E-state index in [4.69, 9.17) is 15.2 Å². The minimum absolute atomic E-state index is 0.144. The van der Waals surface area contributed by atoms with Gasteiger partial charge in [0, 0.05) is 32.8 Å². The van der Waals surface area contributed by atoms with Gasteiger partial charge in [0.25, 0.3) is 5.91 Å².